The van der Waals surface area contributed by atoms with Crippen molar-refractivity contribution < 1.29 is 13.0 Å². The van der Waals surface area contributed by atoms with Gasteiger partial charge < -0.3 is 5.73 Å². The summed E-state index contributed by atoms with van der Waals surface area (Å²) in [6, 6.07) is 5.46. The Kier molecular flexibility index (Phi) is 2.44. The Bertz CT molecular complexity index is 481. The van der Waals surface area contributed by atoms with E-state index in [2.05, 4.69) is 0 Å². The summed E-state index contributed by atoms with van der Waals surface area (Å²) >= 11 is 0. The molecule has 0 saturated heterocycles. The second-order valence-corrected chi connectivity index (χ2v) is 5.60. The first-order valence-electron chi connectivity index (χ1n) is 4.80. The Morgan fingerprint density at radius 3 is 2.73 bits per heavy atom. The second kappa shape index (κ2) is 3.50. The van der Waals surface area contributed by atoms with Crippen LogP contribution in [0, 0.1) is 0 Å². The van der Waals surface area contributed by atoms with Crippen molar-refractivity contribution in [2.24, 2.45) is 0 Å². The molecule has 1 aliphatic rings. The first-order chi connectivity index (χ1) is 6.97. The van der Waals surface area contributed by atoms with E-state index in [-0.39, 0.29) is 0 Å². The van der Waals surface area contributed by atoms with E-state index in [0.29, 0.717) is 24.9 Å². The molecule has 1 aliphatic carbocycles. The summed E-state index contributed by atoms with van der Waals surface area (Å²) in [5.41, 5.74) is 8.39. The van der Waals surface area contributed by atoms with Gasteiger partial charge in [-0.3, -0.25) is 4.55 Å². The van der Waals surface area contributed by atoms with Gasteiger partial charge in [0.2, 0.25) is 0 Å². The number of anilines is 1. The Hall–Kier alpha value is -1.07. The molecule has 0 aliphatic heterocycles. The lowest BCUT2D eigenvalue weighted by Gasteiger charge is -2.22. The van der Waals surface area contributed by atoms with Crippen LogP contribution in [0.4, 0.5) is 5.69 Å². The standard InChI is InChI=1S/C10H13NO3S/c11-9-3-1-8-6-10(15(12,13)14)4-2-7(8)5-9/h1,3,5,10H,2,4,6,11H2,(H,12,13,14). The maximum atomic E-state index is 11.0. The molecule has 82 valence electrons. The molecule has 4 nitrogen and oxygen atoms in total. The van der Waals surface area contributed by atoms with Crippen LogP contribution in [0.15, 0.2) is 18.2 Å². The van der Waals surface area contributed by atoms with Crippen molar-refractivity contribution in [1.82, 2.24) is 0 Å². The number of rotatable bonds is 1. The smallest absolute Gasteiger partial charge is 0.268 e. The lowest BCUT2D eigenvalue weighted by Crippen LogP contribution is -2.27. The molecule has 1 atom stereocenters. The fourth-order valence-electron chi connectivity index (χ4n) is 2.00. The fourth-order valence-corrected chi connectivity index (χ4v) is 2.80. The van der Waals surface area contributed by atoms with Gasteiger partial charge in [0.05, 0.1) is 5.25 Å². The summed E-state index contributed by atoms with van der Waals surface area (Å²) in [4.78, 5) is 0. The number of hydrogen-bond donors (Lipinski definition) is 2. The molecule has 0 radical (unpaired) electrons. The molecule has 0 saturated carbocycles. The van der Waals surface area contributed by atoms with Crippen LogP contribution in [0.25, 0.3) is 0 Å². The van der Waals surface area contributed by atoms with E-state index in [1.165, 1.54) is 0 Å². The normalized spacial score (nSPS) is 21.0. The Morgan fingerprint density at radius 2 is 2.07 bits per heavy atom. The highest BCUT2D eigenvalue weighted by atomic mass is 32.2. The Morgan fingerprint density at radius 1 is 1.33 bits per heavy atom. The van der Waals surface area contributed by atoms with E-state index >= 15 is 0 Å². The third kappa shape index (κ3) is 2.13. The maximum Gasteiger partial charge on any atom is 0.268 e. The van der Waals surface area contributed by atoms with Gasteiger partial charge in [-0.25, -0.2) is 0 Å². The van der Waals surface area contributed by atoms with E-state index in [1.54, 1.807) is 6.07 Å². The molecule has 0 spiro atoms. The van der Waals surface area contributed by atoms with Gasteiger partial charge in [-0.15, -0.1) is 0 Å². The van der Waals surface area contributed by atoms with E-state index in [9.17, 15) is 8.42 Å². The molecule has 15 heavy (non-hydrogen) atoms. The number of fused-ring (bicyclic) bond motifs is 1. The summed E-state index contributed by atoms with van der Waals surface area (Å²) in [7, 11) is -3.91. The SMILES string of the molecule is Nc1ccc2c(c1)CCC(S(=O)(=O)O)C2. The van der Waals surface area contributed by atoms with E-state index < -0.39 is 15.4 Å². The first kappa shape index (κ1) is 10.4. The molecule has 0 fully saturated rings. The van der Waals surface area contributed by atoms with Crippen LogP contribution >= 0.6 is 0 Å². The van der Waals surface area contributed by atoms with E-state index in [1.807, 2.05) is 12.1 Å². The van der Waals surface area contributed by atoms with Crippen molar-refractivity contribution in [2.75, 3.05) is 5.73 Å². The third-order valence-corrected chi connectivity index (χ3v) is 4.08. The van der Waals surface area contributed by atoms with Gasteiger partial charge in [0.25, 0.3) is 10.1 Å². The van der Waals surface area contributed by atoms with E-state index in [4.69, 9.17) is 10.3 Å². The number of hydrogen-bond acceptors (Lipinski definition) is 3. The van der Waals surface area contributed by atoms with Crippen LogP contribution in [0.3, 0.4) is 0 Å². The minimum absolute atomic E-state index is 0.383. The van der Waals surface area contributed by atoms with Crippen molar-refractivity contribution in [2.45, 2.75) is 24.5 Å². The topological polar surface area (TPSA) is 80.4 Å². The average Bonchev–Trinajstić information content (AvgIpc) is 2.15. The first-order valence-corrected chi connectivity index (χ1v) is 6.31. The van der Waals surface area contributed by atoms with Gasteiger partial charge >= 0.3 is 0 Å². The highest BCUT2D eigenvalue weighted by molar-refractivity contribution is 7.86. The minimum Gasteiger partial charge on any atom is -0.399 e. The quantitative estimate of drug-likeness (QED) is 0.554. The summed E-state index contributed by atoms with van der Waals surface area (Å²) < 4.78 is 31.0. The molecule has 2 rings (SSSR count). The molecule has 0 aromatic heterocycles. The zero-order chi connectivity index (χ0) is 11.1. The number of nitrogen functional groups attached to an aromatic ring is 1. The predicted octanol–water partition coefficient (Wildman–Crippen LogP) is 1.01. The molecular weight excluding hydrogens is 214 g/mol. The van der Waals surface area contributed by atoms with Gasteiger partial charge in [0.15, 0.2) is 0 Å². The lowest BCUT2D eigenvalue weighted by molar-refractivity contribution is 0.457. The average molecular weight is 227 g/mol. The maximum absolute atomic E-state index is 11.0. The van der Waals surface area contributed by atoms with Gasteiger partial charge in [0.1, 0.15) is 0 Å². The highest BCUT2D eigenvalue weighted by Gasteiger charge is 2.27. The van der Waals surface area contributed by atoms with Crippen molar-refractivity contribution in [1.29, 1.82) is 0 Å². The third-order valence-electron chi connectivity index (χ3n) is 2.83. The van der Waals surface area contributed by atoms with Crippen LogP contribution in [0.1, 0.15) is 17.5 Å². The zero-order valence-corrected chi connectivity index (χ0v) is 9.00. The second-order valence-electron chi connectivity index (χ2n) is 3.91. The molecule has 1 aromatic carbocycles. The monoisotopic (exact) mass is 227 g/mol. The number of nitrogens with two attached hydrogens (primary N) is 1. The van der Waals surface area contributed by atoms with Crippen molar-refractivity contribution >= 4 is 15.8 Å². The van der Waals surface area contributed by atoms with Gasteiger partial charge in [0, 0.05) is 5.69 Å². The largest absolute Gasteiger partial charge is 0.399 e. The van der Waals surface area contributed by atoms with Crippen LogP contribution in [-0.4, -0.2) is 18.2 Å². The number of aryl methyl sites for hydroxylation is 1. The van der Waals surface area contributed by atoms with Crippen LogP contribution in [0.2, 0.25) is 0 Å². The van der Waals surface area contributed by atoms with Crippen LogP contribution in [-0.2, 0) is 23.0 Å². The summed E-state index contributed by atoms with van der Waals surface area (Å²) in [5.74, 6) is 0. The van der Waals surface area contributed by atoms with Crippen LogP contribution < -0.4 is 5.73 Å². The summed E-state index contributed by atoms with van der Waals surface area (Å²) in [6.07, 6.45) is 1.51. The summed E-state index contributed by atoms with van der Waals surface area (Å²) in [6.45, 7) is 0. The minimum atomic E-state index is -3.91. The molecule has 1 aromatic rings. The number of benzene rings is 1. The van der Waals surface area contributed by atoms with Crippen molar-refractivity contribution in [3.63, 3.8) is 0 Å². The molecule has 0 heterocycles. The Labute approximate surface area is 88.9 Å². The Balaban J connectivity index is 2.32. The lowest BCUT2D eigenvalue weighted by atomic mass is 9.91. The molecule has 5 heteroatoms. The highest BCUT2D eigenvalue weighted by Crippen LogP contribution is 2.26. The van der Waals surface area contributed by atoms with Crippen molar-refractivity contribution in [3.05, 3.63) is 29.3 Å². The summed E-state index contributed by atoms with van der Waals surface area (Å²) in [5, 5.41) is -0.659. The van der Waals surface area contributed by atoms with Gasteiger partial charge in [-0.2, -0.15) is 8.42 Å². The zero-order valence-electron chi connectivity index (χ0n) is 8.18. The molecule has 0 amide bonds. The van der Waals surface area contributed by atoms with Gasteiger partial charge in [-0.05, 0) is 42.5 Å². The van der Waals surface area contributed by atoms with E-state index in [0.717, 1.165) is 11.1 Å². The molecule has 3 N–H and O–H groups in total. The van der Waals surface area contributed by atoms with Gasteiger partial charge in [-0.1, -0.05) is 6.07 Å². The molecule has 0 bridgehead atoms. The van der Waals surface area contributed by atoms with Crippen molar-refractivity contribution in [3.8, 4) is 0 Å². The molecular formula is C10H13NO3S. The predicted molar refractivity (Wildman–Crippen MR) is 58.2 cm³/mol. The van der Waals surface area contributed by atoms with Crippen LogP contribution in [0.5, 0.6) is 0 Å². The fraction of sp³-hybridized carbons (Fsp3) is 0.400. The molecule has 1 unspecified atom stereocenters.